The van der Waals surface area contributed by atoms with Crippen LogP contribution in [0.5, 0.6) is 0 Å². The van der Waals surface area contributed by atoms with Gasteiger partial charge in [0.2, 0.25) is 0 Å². The number of hydrogen-bond donors (Lipinski definition) is 2. The molecular formula is C18H32IN5O2. The molecule has 2 N–H and O–H groups in total. The lowest BCUT2D eigenvalue weighted by Crippen LogP contribution is -2.45. The normalized spacial score (nSPS) is 18.3. The third-order valence-electron chi connectivity index (χ3n) is 4.29. The van der Waals surface area contributed by atoms with Gasteiger partial charge in [-0.3, -0.25) is 4.99 Å². The number of pyridine rings is 1. The van der Waals surface area contributed by atoms with E-state index in [4.69, 9.17) is 9.47 Å². The third kappa shape index (κ3) is 7.24. The summed E-state index contributed by atoms with van der Waals surface area (Å²) in [4.78, 5) is 11.0. The summed E-state index contributed by atoms with van der Waals surface area (Å²) >= 11 is 0. The minimum absolute atomic E-state index is 0. The van der Waals surface area contributed by atoms with Crippen molar-refractivity contribution in [2.24, 2.45) is 4.99 Å². The lowest BCUT2D eigenvalue weighted by Gasteiger charge is -2.32. The first-order chi connectivity index (χ1) is 11.9. The summed E-state index contributed by atoms with van der Waals surface area (Å²) in [6, 6.07) is 4.14. The number of anilines is 1. The molecule has 1 fully saturated rings. The maximum atomic E-state index is 5.60. The first-order valence-electron chi connectivity index (χ1n) is 8.74. The van der Waals surface area contributed by atoms with Crippen molar-refractivity contribution in [1.82, 2.24) is 15.6 Å². The number of rotatable bonds is 6. The molecule has 1 saturated heterocycles. The fraction of sp³-hybridized carbons (Fsp3) is 0.667. The molecule has 0 saturated carbocycles. The van der Waals surface area contributed by atoms with Crippen LogP contribution in [0, 0.1) is 0 Å². The molecule has 1 unspecified atom stereocenters. The number of methoxy groups -OCH3 is 1. The van der Waals surface area contributed by atoms with Gasteiger partial charge in [-0.2, -0.15) is 0 Å². The highest BCUT2D eigenvalue weighted by atomic mass is 127. The fourth-order valence-electron chi connectivity index (χ4n) is 2.55. The number of guanidine groups is 1. The van der Waals surface area contributed by atoms with Gasteiger partial charge >= 0.3 is 0 Å². The van der Waals surface area contributed by atoms with Crippen LogP contribution in [0.3, 0.4) is 0 Å². The lowest BCUT2D eigenvalue weighted by atomic mass is 10.1. The summed E-state index contributed by atoms with van der Waals surface area (Å²) in [7, 11) is 3.48. The van der Waals surface area contributed by atoms with Crippen molar-refractivity contribution >= 4 is 35.8 Å². The van der Waals surface area contributed by atoms with Crippen molar-refractivity contribution in [3.63, 3.8) is 0 Å². The third-order valence-corrected chi connectivity index (χ3v) is 4.29. The molecule has 148 valence electrons. The van der Waals surface area contributed by atoms with Gasteiger partial charge < -0.3 is 25.0 Å². The zero-order chi connectivity index (χ0) is 18.3. The number of aromatic nitrogens is 1. The van der Waals surface area contributed by atoms with Crippen molar-refractivity contribution in [3.05, 3.63) is 23.9 Å². The first-order valence-corrected chi connectivity index (χ1v) is 8.74. The van der Waals surface area contributed by atoms with E-state index in [1.807, 2.05) is 26.1 Å². The summed E-state index contributed by atoms with van der Waals surface area (Å²) < 4.78 is 11.0. The number of hydrogen-bond acceptors (Lipinski definition) is 5. The molecule has 1 aromatic heterocycles. The van der Waals surface area contributed by atoms with Gasteiger partial charge in [-0.15, -0.1) is 24.0 Å². The van der Waals surface area contributed by atoms with Gasteiger partial charge in [0.15, 0.2) is 5.96 Å². The Morgan fingerprint density at radius 1 is 1.46 bits per heavy atom. The maximum Gasteiger partial charge on any atom is 0.191 e. The molecule has 1 aliphatic rings. The molecule has 8 heteroatoms. The Labute approximate surface area is 174 Å². The number of ether oxygens (including phenoxy) is 2. The Hall–Kier alpha value is -1.13. The van der Waals surface area contributed by atoms with E-state index in [9.17, 15) is 0 Å². The van der Waals surface area contributed by atoms with Gasteiger partial charge in [0, 0.05) is 46.5 Å². The monoisotopic (exact) mass is 477 g/mol. The first kappa shape index (κ1) is 22.9. The van der Waals surface area contributed by atoms with E-state index in [0.29, 0.717) is 13.1 Å². The quantitative estimate of drug-likeness (QED) is 0.371. The zero-order valence-electron chi connectivity index (χ0n) is 16.4. The molecular weight excluding hydrogens is 445 g/mol. The van der Waals surface area contributed by atoms with Gasteiger partial charge in [-0.05, 0) is 38.5 Å². The molecule has 7 nitrogen and oxygen atoms in total. The minimum atomic E-state index is -0.242. The van der Waals surface area contributed by atoms with Crippen LogP contribution in [0.4, 0.5) is 5.82 Å². The van der Waals surface area contributed by atoms with Crippen LogP contribution in [0.2, 0.25) is 0 Å². The summed E-state index contributed by atoms with van der Waals surface area (Å²) in [5, 5.41) is 6.62. The van der Waals surface area contributed by atoms with Crippen LogP contribution in [0.15, 0.2) is 23.3 Å². The van der Waals surface area contributed by atoms with E-state index in [0.717, 1.165) is 37.0 Å². The topological polar surface area (TPSA) is 71.0 Å². The highest BCUT2D eigenvalue weighted by Crippen LogP contribution is 2.16. The molecule has 1 aromatic rings. The number of nitrogens with one attached hydrogen (secondary N) is 2. The molecule has 0 spiro atoms. The smallest absolute Gasteiger partial charge is 0.191 e. The standard InChI is InChI=1S/C18H31N5O2.HI/c1-14-12-23(8-9-25-14)16-10-15(6-7-20-16)11-21-17(19-4)22-13-18(2,3)24-5;/h6-7,10,14H,8-9,11-13H2,1-5H3,(H2,19,21,22);1H. The average Bonchev–Trinajstić information content (AvgIpc) is 2.62. The molecule has 26 heavy (non-hydrogen) atoms. The number of nitrogens with zero attached hydrogens (tertiary/aromatic N) is 3. The molecule has 2 rings (SSSR count). The Morgan fingerprint density at radius 3 is 2.88 bits per heavy atom. The van der Waals surface area contributed by atoms with Crippen LogP contribution in [-0.2, 0) is 16.0 Å². The Kier molecular flexibility index (Phi) is 9.59. The maximum absolute atomic E-state index is 5.60. The Balaban J connectivity index is 0.00000338. The van der Waals surface area contributed by atoms with E-state index < -0.39 is 0 Å². The van der Waals surface area contributed by atoms with Crippen molar-refractivity contribution in [3.8, 4) is 0 Å². The summed E-state index contributed by atoms with van der Waals surface area (Å²) in [5.74, 6) is 1.75. The van der Waals surface area contributed by atoms with E-state index >= 15 is 0 Å². The van der Waals surface area contributed by atoms with Crippen LogP contribution >= 0.6 is 24.0 Å². The second-order valence-corrected chi connectivity index (χ2v) is 6.89. The van der Waals surface area contributed by atoms with E-state index in [1.54, 1.807) is 14.2 Å². The van der Waals surface area contributed by atoms with Crippen LogP contribution in [0.25, 0.3) is 0 Å². The highest BCUT2D eigenvalue weighted by molar-refractivity contribution is 14.0. The number of morpholine rings is 1. The van der Waals surface area contributed by atoms with E-state index in [1.165, 1.54) is 0 Å². The van der Waals surface area contributed by atoms with Crippen molar-refractivity contribution in [2.75, 3.05) is 45.3 Å². The lowest BCUT2D eigenvalue weighted by molar-refractivity contribution is 0.0268. The van der Waals surface area contributed by atoms with Crippen molar-refractivity contribution in [2.45, 2.75) is 39.0 Å². The van der Waals surface area contributed by atoms with Crippen molar-refractivity contribution in [1.29, 1.82) is 0 Å². The summed E-state index contributed by atoms with van der Waals surface area (Å²) in [5.41, 5.74) is 0.923. The Morgan fingerprint density at radius 2 is 2.23 bits per heavy atom. The van der Waals surface area contributed by atoms with E-state index in [2.05, 4.69) is 38.5 Å². The second-order valence-electron chi connectivity index (χ2n) is 6.89. The molecule has 0 radical (unpaired) electrons. The largest absolute Gasteiger partial charge is 0.377 e. The molecule has 1 aliphatic heterocycles. The van der Waals surface area contributed by atoms with Gasteiger partial charge in [0.1, 0.15) is 5.82 Å². The minimum Gasteiger partial charge on any atom is -0.377 e. The van der Waals surface area contributed by atoms with Crippen molar-refractivity contribution < 1.29 is 9.47 Å². The number of aliphatic imine (C=N–C) groups is 1. The summed E-state index contributed by atoms with van der Waals surface area (Å²) in [6.07, 6.45) is 2.10. The number of halogens is 1. The molecule has 0 aromatic carbocycles. The molecule has 1 atom stereocenters. The van der Waals surface area contributed by atoms with Crippen LogP contribution < -0.4 is 15.5 Å². The fourth-order valence-corrected chi connectivity index (χ4v) is 2.55. The molecule has 0 amide bonds. The van der Waals surface area contributed by atoms with Gasteiger partial charge in [-0.25, -0.2) is 4.98 Å². The zero-order valence-corrected chi connectivity index (χ0v) is 18.7. The highest BCUT2D eigenvalue weighted by Gasteiger charge is 2.18. The molecule has 0 aliphatic carbocycles. The predicted octanol–water partition coefficient (Wildman–Crippen LogP) is 2.01. The van der Waals surface area contributed by atoms with Gasteiger partial charge in [0.05, 0.1) is 18.3 Å². The van der Waals surface area contributed by atoms with E-state index in [-0.39, 0.29) is 35.7 Å². The SMILES string of the molecule is CN=C(NCc1ccnc(N2CCOC(C)C2)c1)NCC(C)(C)OC.I. The molecule has 2 heterocycles. The van der Waals surface area contributed by atoms with Crippen LogP contribution in [0.1, 0.15) is 26.3 Å². The van der Waals surface area contributed by atoms with Crippen LogP contribution in [-0.4, -0.2) is 63.0 Å². The predicted molar refractivity (Wildman–Crippen MR) is 117 cm³/mol. The summed E-state index contributed by atoms with van der Waals surface area (Å²) in [6.45, 7) is 10.0. The molecule has 0 bridgehead atoms. The van der Waals surface area contributed by atoms with Gasteiger partial charge in [0.25, 0.3) is 0 Å². The average molecular weight is 477 g/mol. The second kappa shape index (κ2) is 10.9. The Bertz CT molecular complexity index is 582. The van der Waals surface area contributed by atoms with Gasteiger partial charge in [-0.1, -0.05) is 0 Å².